The topological polar surface area (TPSA) is 80.9 Å². The summed E-state index contributed by atoms with van der Waals surface area (Å²) in [6.07, 6.45) is 4.01. The number of hydrogen-bond donors (Lipinski definition) is 2. The Labute approximate surface area is 112 Å². The molecule has 19 heavy (non-hydrogen) atoms. The van der Waals surface area contributed by atoms with E-state index in [1.54, 1.807) is 6.20 Å². The maximum absolute atomic E-state index is 10.6. The molecule has 2 rings (SSSR count). The van der Waals surface area contributed by atoms with Gasteiger partial charge in [0.2, 0.25) is 5.91 Å². The zero-order valence-electron chi connectivity index (χ0n) is 10.8. The number of amides is 1. The summed E-state index contributed by atoms with van der Waals surface area (Å²) >= 11 is 0. The minimum Gasteiger partial charge on any atom is -0.370 e. The van der Waals surface area contributed by atoms with Gasteiger partial charge in [0, 0.05) is 13.0 Å². The Kier molecular flexibility index (Phi) is 4.80. The van der Waals surface area contributed by atoms with Crippen LogP contribution in [0.15, 0.2) is 30.5 Å². The third-order valence-electron chi connectivity index (χ3n) is 2.83. The lowest BCUT2D eigenvalue weighted by Crippen LogP contribution is -2.17. The average Bonchev–Trinajstić information content (AvgIpc) is 2.42. The predicted molar refractivity (Wildman–Crippen MR) is 74.3 cm³/mol. The van der Waals surface area contributed by atoms with Gasteiger partial charge in [0.1, 0.15) is 0 Å². The van der Waals surface area contributed by atoms with Gasteiger partial charge in [-0.2, -0.15) is 0 Å². The Balaban J connectivity index is 1.77. The molecule has 0 radical (unpaired) electrons. The van der Waals surface area contributed by atoms with Crippen molar-refractivity contribution in [2.45, 2.75) is 25.8 Å². The molecule has 0 fully saturated rings. The molecule has 0 saturated heterocycles. The first-order valence-electron chi connectivity index (χ1n) is 6.45. The minimum atomic E-state index is -0.236. The van der Waals surface area contributed by atoms with E-state index >= 15 is 0 Å². The predicted octanol–water partition coefficient (Wildman–Crippen LogP) is 1.37. The van der Waals surface area contributed by atoms with E-state index in [0.717, 1.165) is 36.1 Å². The molecule has 5 nitrogen and oxygen atoms in total. The molecule has 0 aliphatic heterocycles. The standard InChI is InChI=1S/C14H18N4O/c15-14(19)7-3-4-8-16-9-11-10-17-12-5-1-2-6-13(12)18-11/h1-2,5-6,10,16H,3-4,7-9H2,(H2,15,19). The Morgan fingerprint density at radius 2 is 2.00 bits per heavy atom. The number of aromatic nitrogens is 2. The number of nitrogens with two attached hydrogens (primary N) is 1. The van der Waals surface area contributed by atoms with Crippen LogP contribution in [0.5, 0.6) is 0 Å². The smallest absolute Gasteiger partial charge is 0.217 e. The lowest BCUT2D eigenvalue weighted by molar-refractivity contribution is -0.118. The molecule has 0 saturated carbocycles. The number of benzene rings is 1. The molecule has 0 spiro atoms. The van der Waals surface area contributed by atoms with Gasteiger partial charge in [0.15, 0.2) is 0 Å². The van der Waals surface area contributed by atoms with E-state index in [1.807, 2.05) is 24.3 Å². The first-order chi connectivity index (χ1) is 9.25. The third kappa shape index (κ3) is 4.30. The van der Waals surface area contributed by atoms with Gasteiger partial charge < -0.3 is 11.1 Å². The van der Waals surface area contributed by atoms with Crippen LogP contribution in [0.4, 0.5) is 0 Å². The molecule has 0 aliphatic rings. The van der Waals surface area contributed by atoms with E-state index in [-0.39, 0.29) is 5.91 Å². The maximum Gasteiger partial charge on any atom is 0.217 e. The van der Waals surface area contributed by atoms with Crippen LogP contribution in [-0.2, 0) is 11.3 Å². The number of primary amides is 1. The van der Waals surface area contributed by atoms with E-state index < -0.39 is 0 Å². The Hall–Kier alpha value is -2.01. The molecule has 0 bridgehead atoms. The SMILES string of the molecule is NC(=O)CCCCNCc1cnc2ccccc2n1. The van der Waals surface area contributed by atoms with Crippen molar-refractivity contribution in [3.8, 4) is 0 Å². The van der Waals surface area contributed by atoms with Crippen molar-refractivity contribution in [2.75, 3.05) is 6.54 Å². The summed E-state index contributed by atoms with van der Waals surface area (Å²) in [5, 5.41) is 3.29. The number of para-hydroxylation sites is 2. The van der Waals surface area contributed by atoms with Crippen LogP contribution in [0.1, 0.15) is 25.0 Å². The molecular weight excluding hydrogens is 240 g/mol. The second-order valence-electron chi connectivity index (χ2n) is 4.45. The number of unbranched alkanes of at least 4 members (excludes halogenated alkanes) is 1. The Bertz CT molecular complexity index is 556. The molecule has 1 aromatic carbocycles. The molecule has 5 heteroatoms. The summed E-state index contributed by atoms with van der Waals surface area (Å²) in [4.78, 5) is 19.4. The fourth-order valence-electron chi connectivity index (χ4n) is 1.85. The highest BCUT2D eigenvalue weighted by molar-refractivity contribution is 5.74. The highest BCUT2D eigenvalue weighted by Crippen LogP contribution is 2.08. The normalized spacial score (nSPS) is 10.7. The molecular formula is C14H18N4O. The number of nitrogens with zero attached hydrogens (tertiary/aromatic N) is 2. The number of fused-ring (bicyclic) bond motifs is 1. The van der Waals surface area contributed by atoms with E-state index in [0.29, 0.717) is 13.0 Å². The molecule has 0 aliphatic carbocycles. The minimum absolute atomic E-state index is 0.236. The number of hydrogen-bond acceptors (Lipinski definition) is 4. The van der Waals surface area contributed by atoms with Crippen molar-refractivity contribution in [3.63, 3.8) is 0 Å². The van der Waals surface area contributed by atoms with Crippen LogP contribution in [0.3, 0.4) is 0 Å². The van der Waals surface area contributed by atoms with Crippen LogP contribution in [0, 0.1) is 0 Å². The van der Waals surface area contributed by atoms with Crippen molar-refractivity contribution in [1.82, 2.24) is 15.3 Å². The average molecular weight is 258 g/mol. The van der Waals surface area contributed by atoms with Gasteiger partial charge in [-0.25, -0.2) is 4.98 Å². The molecule has 100 valence electrons. The second-order valence-corrected chi connectivity index (χ2v) is 4.45. The molecule has 2 aromatic rings. The van der Waals surface area contributed by atoms with Gasteiger partial charge in [-0.15, -0.1) is 0 Å². The number of carbonyl (C=O) groups is 1. The lowest BCUT2D eigenvalue weighted by atomic mass is 10.2. The maximum atomic E-state index is 10.6. The van der Waals surface area contributed by atoms with E-state index in [1.165, 1.54) is 0 Å². The van der Waals surface area contributed by atoms with Crippen LogP contribution >= 0.6 is 0 Å². The first kappa shape index (κ1) is 13.4. The van der Waals surface area contributed by atoms with Crippen molar-refractivity contribution < 1.29 is 4.79 Å². The molecule has 0 unspecified atom stereocenters. The molecule has 1 amide bonds. The number of rotatable bonds is 7. The van der Waals surface area contributed by atoms with Gasteiger partial charge in [0.25, 0.3) is 0 Å². The van der Waals surface area contributed by atoms with Crippen molar-refractivity contribution >= 4 is 16.9 Å². The summed E-state index contributed by atoms with van der Waals surface area (Å²) in [5.41, 5.74) is 7.82. The Morgan fingerprint density at radius 3 is 2.79 bits per heavy atom. The molecule has 0 atom stereocenters. The van der Waals surface area contributed by atoms with Gasteiger partial charge in [-0.05, 0) is 31.5 Å². The number of carbonyl (C=O) groups excluding carboxylic acids is 1. The van der Waals surface area contributed by atoms with Crippen molar-refractivity contribution in [2.24, 2.45) is 5.73 Å². The number of nitrogens with one attached hydrogen (secondary N) is 1. The van der Waals surface area contributed by atoms with E-state index in [9.17, 15) is 4.79 Å². The lowest BCUT2D eigenvalue weighted by Gasteiger charge is -2.04. The highest BCUT2D eigenvalue weighted by Gasteiger charge is 1.99. The van der Waals surface area contributed by atoms with Crippen LogP contribution < -0.4 is 11.1 Å². The van der Waals surface area contributed by atoms with Gasteiger partial charge in [-0.1, -0.05) is 12.1 Å². The van der Waals surface area contributed by atoms with E-state index in [4.69, 9.17) is 5.73 Å². The summed E-state index contributed by atoms with van der Waals surface area (Å²) in [5.74, 6) is -0.236. The zero-order chi connectivity index (χ0) is 13.5. The van der Waals surface area contributed by atoms with Crippen molar-refractivity contribution in [1.29, 1.82) is 0 Å². The van der Waals surface area contributed by atoms with Crippen LogP contribution in [0.2, 0.25) is 0 Å². The quantitative estimate of drug-likeness (QED) is 0.735. The van der Waals surface area contributed by atoms with Gasteiger partial charge in [-0.3, -0.25) is 9.78 Å². The van der Waals surface area contributed by atoms with Crippen LogP contribution in [0.25, 0.3) is 11.0 Å². The van der Waals surface area contributed by atoms with Crippen molar-refractivity contribution in [3.05, 3.63) is 36.2 Å². The summed E-state index contributed by atoms with van der Waals surface area (Å²) in [6, 6.07) is 7.81. The molecule has 1 aromatic heterocycles. The third-order valence-corrected chi connectivity index (χ3v) is 2.83. The molecule has 3 N–H and O–H groups in total. The highest BCUT2D eigenvalue weighted by atomic mass is 16.1. The summed E-state index contributed by atoms with van der Waals surface area (Å²) in [7, 11) is 0. The molecule has 1 heterocycles. The zero-order valence-corrected chi connectivity index (χ0v) is 10.8. The fraction of sp³-hybridized carbons (Fsp3) is 0.357. The van der Waals surface area contributed by atoms with E-state index in [2.05, 4.69) is 15.3 Å². The largest absolute Gasteiger partial charge is 0.370 e. The first-order valence-corrected chi connectivity index (χ1v) is 6.45. The van der Waals surface area contributed by atoms with Crippen LogP contribution in [-0.4, -0.2) is 22.4 Å². The van der Waals surface area contributed by atoms with Gasteiger partial charge in [0.05, 0.1) is 22.9 Å². The summed E-state index contributed by atoms with van der Waals surface area (Å²) in [6.45, 7) is 1.54. The monoisotopic (exact) mass is 258 g/mol. The Morgan fingerprint density at radius 1 is 1.21 bits per heavy atom. The summed E-state index contributed by atoms with van der Waals surface area (Å²) < 4.78 is 0. The fourth-order valence-corrected chi connectivity index (χ4v) is 1.85. The van der Waals surface area contributed by atoms with Gasteiger partial charge >= 0.3 is 0 Å². The second kappa shape index (κ2) is 6.80.